The van der Waals surface area contributed by atoms with Gasteiger partial charge >= 0.3 is 0 Å². The van der Waals surface area contributed by atoms with E-state index in [0.717, 1.165) is 13.0 Å². The maximum atomic E-state index is 5.46. The van der Waals surface area contributed by atoms with Crippen molar-refractivity contribution >= 4 is 11.6 Å². The molecule has 14 heavy (non-hydrogen) atoms. The number of nitrogens with two attached hydrogens (primary N) is 1. The fourth-order valence-electron chi connectivity index (χ4n) is 1.000. The van der Waals surface area contributed by atoms with Gasteiger partial charge in [0.15, 0.2) is 0 Å². The van der Waals surface area contributed by atoms with Crippen LogP contribution in [0.15, 0.2) is 12.4 Å². The zero-order chi connectivity index (χ0) is 10.4. The average Bonchev–Trinajstić information content (AvgIpc) is 2.18. The van der Waals surface area contributed by atoms with Gasteiger partial charge in [0.25, 0.3) is 0 Å². The van der Waals surface area contributed by atoms with E-state index in [1.165, 1.54) is 0 Å². The van der Waals surface area contributed by atoms with Crippen molar-refractivity contribution in [2.45, 2.75) is 19.4 Å². The highest BCUT2D eigenvalue weighted by Crippen LogP contribution is 2.04. The third-order valence-electron chi connectivity index (χ3n) is 1.80. The summed E-state index contributed by atoms with van der Waals surface area (Å²) in [7, 11) is 1.69. The number of hydrogen-bond acceptors (Lipinski definition) is 5. The molecule has 1 rings (SSSR count). The zero-order valence-electron chi connectivity index (χ0n) is 8.53. The van der Waals surface area contributed by atoms with Crippen LogP contribution in [0.5, 0.6) is 0 Å². The molecule has 0 bridgehead atoms. The van der Waals surface area contributed by atoms with Crippen molar-refractivity contribution in [3.05, 3.63) is 12.4 Å². The van der Waals surface area contributed by atoms with Gasteiger partial charge in [-0.3, -0.25) is 0 Å². The Balaban J connectivity index is 2.39. The van der Waals surface area contributed by atoms with Crippen molar-refractivity contribution in [2.75, 3.05) is 24.8 Å². The van der Waals surface area contributed by atoms with Crippen molar-refractivity contribution < 1.29 is 4.74 Å². The molecule has 0 amide bonds. The summed E-state index contributed by atoms with van der Waals surface area (Å²) in [4.78, 5) is 8.08. The Bertz CT molecular complexity index is 262. The molecule has 1 aromatic heterocycles. The van der Waals surface area contributed by atoms with E-state index in [2.05, 4.69) is 22.2 Å². The highest BCUT2D eigenvalue weighted by Gasteiger charge is 2.02. The van der Waals surface area contributed by atoms with E-state index in [1.807, 2.05) is 0 Å². The first-order chi connectivity index (χ1) is 6.72. The molecule has 0 aliphatic carbocycles. The predicted molar refractivity (Wildman–Crippen MR) is 56.0 cm³/mol. The van der Waals surface area contributed by atoms with E-state index in [1.54, 1.807) is 19.5 Å². The summed E-state index contributed by atoms with van der Waals surface area (Å²) in [5.41, 5.74) is 6.03. The highest BCUT2D eigenvalue weighted by atomic mass is 16.5. The summed E-state index contributed by atoms with van der Waals surface area (Å²) >= 11 is 0. The number of nitrogen functional groups attached to an aromatic ring is 1. The number of aromatic nitrogens is 2. The molecule has 1 heterocycles. The topological polar surface area (TPSA) is 73.1 Å². The van der Waals surface area contributed by atoms with Crippen LogP contribution in [0.2, 0.25) is 0 Å². The van der Waals surface area contributed by atoms with E-state index in [4.69, 9.17) is 10.5 Å². The molecule has 0 aromatic carbocycles. The lowest BCUT2D eigenvalue weighted by Gasteiger charge is -2.12. The van der Waals surface area contributed by atoms with Gasteiger partial charge in [0.05, 0.1) is 18.1 Å². The van der Waals surface area contributed by atoms with Gasteiger partial charge in [0.2, 0.25) is 5.95 Å². The predicted octanol–water partition coefficient (Wildman–Crippen LogP) is 0.896. The molecule has 78 valence electrons. The normalized spacial score (nSPS) is 12.4. The monoisotopic (exact) mass is 196 g/mol. The smallest absolute Gasteiger partial charge is 0.222 e. The zero-order valence-corrected chi connectivity index (χ0v) is 8.53. The molecule has 1 unspecified atom stereocenters. The molecule has 0 saturated heterocycles. The number of nitrogens with zero attached hydrogens (tertiary/aromatic N) is 2. The van der Waals surface area contributed by atoms with Crippen LogP contribution < -0.4 is 11.1 Å². The number of nitrogens with one attached hydrogen (secondary N) is 1. The summed E-state index contributed by atoms with van der Waals surface area (Å²) in [6.07, 6.45) is 4.08. The first kappa shape index (κ1) is 10.7. The largest absolute Gasteiger partial charge is 0.396 e. The van der Waals surface area contributed by atoms with Crippen LogP contribution in [0.25, 0.3) is 0 Å². The number of rotatable bonds is 5. The SMILES string of the molecule is COCCC(C)Nc1ncc(N)cn1. The first-order valence-corrected chi connectivity index (χ1v) is 4.55. The van der Waals surface area contributed by atoms with Crippen LogP contribution in [0.1, 0.15) is 13.3 Å². The third-order valence-corrected chi connectivity index (χ3v) is 1.80. The molecule has 0 spiro atoms. The van der Waals surface area contributed by atoms with E-state index in [-0.39, 0.29) is 0 Å². The Hall–Kier alpha value is -1.36. The second-order valence-electron chi connectivity index (χ2n) is 3.17. The maximum Gasteiger partial charge on any atom is 0.222 e. The Morgan fingerprint density at radius 2 is 2.14 bits per heavy atom. The summed E-state index contributed by atoms with van der Waals surface area (Å²) in [6.45, 7) is 2.78. The third kappa shape index (κ3) is 3.57. The molecule has 0 fully saturated rings. The van der Waals surface area contributed by atoms with Crippen LogP contribution >= 0.6 is 0 Å². The lowest BCUT2D eigenvalue weighted by molar-refractivity contribution is 0.191. The van der Waals surface area contributed by atoms with Crippen LogP contribution in [0.4, 0.5) is 11.6 Å². The van der Waals surface area contributed by atoms with Crippen molar-refractivity contribution in [1.82, 2.24) is 9.97 Å². The Morgan fingerprint density at radius 3 is 2.71 bits per heavy atom. The van der Waals surface area contributed by atoms with Gasteiger partial charge in [-0.15, -0.1) is 0 Å². The standard InChI is InChI=1S/C9H16N4O/c1-7(3-4-14-2)13-9-11-5-8(10)6-12-9/h5-7H,3-4,10H2,1-2H3,(H,11,12,13). The Labute approximate surface area is 83.7 Å². The fraction of sp³-hybridized carbons (Fsp3) is 0.556. The van der Waals surface area contributed by atoms with E-state index in [0.29, 0.717) is 17.7 Å². The average molecular weight is 196 g/mol. The molecule has 0 aliphatic heterocycles. The molecule has 3 N–H and O–H groups in total. The van der Waals surface area contributed by atoms with Crippen LogP contribution in [-0.2, 0) is 4.74 Å². The van der Waals surface area contributed by atoms with E-state index < -0.39 is 0 Å². The minimum atomic E-state index is 0.290. The van der Waals surface area contributed by atoms with Gasteiger partial charge in [0.1, 0.15) is 0 Å². The van der Waals surface area contributed by atoms with Crippen LogP contribution in [0.3, 0.4) is 0 Å². The van der Waals surface area contributed by atoms with Crippen molar-refractivity contribution in [3.63, 3.8) is 0 Å². The lowest BCUT2D eigenvalue weighted by atomic mass is 10.2. The molecule has 0 saturated carbocycles. The van der Waals surface area contributed by atoms with Crippen molar-refractivity contribution in [2.24, 2.45) is 0 Å². The van der Waals surface area contributed by atoms with E-state index in [9.17, 15) is 0 Å². The molecule has 0 aliphatic rings. The molecule has 1 atom stereocenters. The molecular weight excluding hydrogens is 180 g/mol. The summed E-state index contributed by atoms with van der Waals surface area (Å²) in [5.74, 6) is 0.600. The Morgan fingerprint density at radius 1 is 1.50 bits per heavy atom. The van der Waals surface area contributed by atoms with Gasteiger partial charge in [-0.1, -0.05) is 0 Å². The fourth-order valence-corrected chi connectivity index (χ4v) is 1.000. The van der Waals surface area contributed by atoms with Gasteiger partial charge in [-0.05, 0) is 13.3 Å². The van der Waals surface area contributed by atoms with Crippen molar-refractivity contribution in [1.29, 1.82) is 0 Å². The molecule has 5 heteroatoms. The summed E-state index contributed by atoms with van der Waals surface area (Å²) < 4.78 is 4.97. The number of anilines is 2. The minimum absolute atomic E-state index is 0.290. The van der Waals surface area contributed by atoms with E-state index >= 15 is 0 Å². The van der Waals surface area contributed by atoms with Gasteiger partial charge in [0, 0.05) is 19.8 Å². The number of hydrogen-bond donors (Lipinski definition) is 2. The minimum Gasteiger partial charge on any atom is -0.396 e. The van der Waals surface area contributed by atoms with Gasteiger partial charge in [-0.25, -0.2) is 9.97 Å². The molecule has 0 radical (unpaired) electrons. The first-order valence-electron chi connectivity index (χ1n) is 4.55. The molecular formula is C9H16N4O. The Kier molecular flexibility index (Phi) is 4.12. The quantitative estimate of drug-likeness (QED) is 0.731. The second kappa shape index (κ2) is 5.39. The number of methoxy groups -OCH3 is 1. The molecule has 1 aromatic rings. The second-order valence-corrected chi connectivity index (χ2v) is 3.17. The summed E-state index contributed by atoms with van der Waals surface area (Å²) in [6, 6.07) is 0.290. The number of ether oxygens (including phenoxy) is 1. The summed E-state index contributed by atoms with van der Waals surface area (Å²) in [5, 5.41) is 3.15. The van der Waals surface area contributed by atoms with Crippen molar-refractivity contribution in [3.8, 4) is 0 Å². The van der Waals surface area contributed by atoms with Crippen LogP contribution in [-0.4, -0.2) is 29.7 Å². The highest BCUT2D eigenvalue weighted by molar-refractivity contribution is 5.36. The van der Waals surface area contributed by atoms with Crippen LogP contribution in [0, 0.1) is 0 Å². The van der Waals surface area contributed by atoms with Gasteiger partial charge in [-0.2, -0.15) is 0 Å². The van der Waals surface area contributed by atoms with Gasteiger partial charge < -0.3 is 15.8 Å². The molecule has 5 nitrogen and oxygen atoms in total. The maximum absolute atomic E-state index is 5.46. The lowest BCUT2D eigenvalue weighted by Crippen LogP contribution is -2.18.